The summed E-state index contributed by atoms with van der Waals surface area (Å²) in [5.74, 6) is 0.174. The number of benzene rings is 2. The first-order valence-corrected chi connectivity index (χ1v) is 9.88. The maximum absolute atomic E-state index is 10.9. The van der Waals surface area contributed by atoms with Gasteiger partial charge in [0.2, 0.25) is 0 Å². The third-order valence-electron chi connectivity index (χ3n) is 4.76. The molecule has 2 nitrogen and oxygen atoms in total. The molecule has 0 saturated heterocycles. The molecule has 0 atom stereocenters. The van der Waals surface area contributed by atoms with Crippen LogP contribution in [0.5, 0.6) is 0 Å². The molecule has 0 heterocycles. The Labute approximate surface area is 159 Å². The summed E-state index contributed by atoms with van der Waals surface area (Å²) in [6, 6.07) is 13.6. The van der Waals surface area contributed by atoms with Crippen molar-refractivity contribution in [1.82, 2.24) is 0 Å². The molecule has 2 aromatic carbocycles. The van der Waals surface area contributed by atoms with Gasteiger partial charge in [-0.3, -0.25) is 0 Å². The molecule has 0 amide bonds. The third-order valence-corrected chi connectivity index (χ3v) is 5.75. The van der Waals surface area contributed by atoms with Gasteiger partial charge in [-0.05, 0) is 58.0 Å². The van der Waals surface area contributed by atoms with Crippen LogP contribution in [0.1, 0.15) is 59.8 Å². The Morgan fingerprint density at radius 2 is 1.77 bits per heavy atom. The number of aromatic carboxylic acids is 1. The van der Waals surface area contributed by atoms with Crippen LogP contribution >= 0.6 is 11.8 Å². The fourth-order valence-corrected chi connectivity index (χ4v) is 4.09. The van der Waals surface area contributed by atoms with Crippen molar-refractivity contribution in [1.29, 1.82) is 0 Å². The quantitative estimate of drug-likeness (QED) is 0.630. The summed E-state index contributed by atoms with van der Waals surface area (Å²) < 4.78 is 0. The van der Waals surface area contributed by atoms with E-state index in [-0.39, 0.29) is 5.41 Å². The van der Waals surface area contributed by atoms with Gasteiger partial charge in [0.25, 0.3) is 0 Å². The van der Waals surface area contributed by atoms with Crippen LogP contribution in [0.4, 0.5) is 0 Å². The smallest absolute Gasteiger partial charge is 0.335 e. The lowest BCUT2D eigenvalue weighted by Gasteiger charge is -2.32. The molecular formula is C23H24O2S. The molecule has 0 bridgehead atoms. The van der Waals surface area contributed by atoms with Crippen molar-refractivity contribution in [2.75, 3.05) is 5.75 Å². The molecule has 0 radical (unpaired) electrons. The lowest BCUT2D eigenvalue weighted by atomic mass is 9.75. The SMILES string of the molecule is CCSC1=CCC(C)(C)c2ccc(/C=C/c3ccc(C(=O)O)cc3)cc21. The van der Waals surface area contributed by atoms with Crippen molar-refractivity contribution in [3.05, 3.63) is 76.4 Å². The molecule has 0 aromatic heterocycles. The van der Waals surface area contributed by atoms with Crippen LogP contribution in [0.15, 0.2) is 48.5 Å². The second-order valence-electron chi connectivity index (χ2n) is 7.15. The summed E-state index contributed by atoms with van der Waals surface area (Å²) in [4.78, 5) is 12.3. The van der Waals surface area contributed by atoms with E-state index in [2.05, 4.69) is 51.1 Å². The zero-order valence-corrected chi connectivity index (χ0v) is 16.3. The number of thioether (sulfide) groups is 1. The average molecular weight is 365 g/mol. The highest BCUT2D eigenvalue weighted by Gasteiger charge is 2.27. The first-order chi connectivity index (χ1) is 12.4. The zero-order chi connectivity index (χ0) is 18.7. The van der Waals surface area contributed by atoms with Gasteiger partial charge in [-0.1, -0.05) is 63.3 Å². The van der Waals surface area contributed by atoms with E-state index in [9.17, 15) is 4.79 Å². The third kappa shape index (κ3) is 3.94. The van der Waals surface area contributed by atoms with E-state index in [4.69, 9.17) is 5.11 Å². The van der Waals surface area contributed by atoms with Crippen LogP contribution in [0.2, 0.25) is 0 Å². The molecule has 0 spiro atoms. The molecule has 1 aliphatic rings. The second kappa shape index (κ2) is 7.55. The molecule has 3 heteroatoms. The van der Waals surface area contributed by atoms with E-state index in [1.165, 1.54) is 16.0 Å². The van der Waals surface area contributed by atoms with Gasteiger partial charge >= 0.3 is 5.97 Å². The van der Waals surface area contributed by atoms with Crippen molar-refractivity contribution >= 4 is 34.8 Å². The maximum atomic E-state index is 10.9. The van der Waals surface area contributed by atoms with E-state index in [0.717, 1.165) is 23.3 Å². The molecule has 1 aliphatic carbocycles. The van der Waals surface area contributed by atoms with E-state index in [0.29, 0.717) is 5.56 Å². The van der Waals surface area contributed by atoms with Gasteiger partial charge < -0.3 is 5.11 Å². The number of rotatable bonds is 5. The number of fused-ring (bicyclic) bond motifs is 1. The van der Waals surface area contributed by atoms with E-state index in [1.54, 1.807) is 12.1 Å². The Balaban J connectivity index is 1.89. The van der Waals surface area contributed by atoms with E-state index < -0.39 is 5.97 Å². The number of carbonyl (C=O) groups is 1. The average Bonchev–Trinajstić information content (AvgIpc) is 2.63. The highest BCUT2D eigenvalue weighted by Crippen LogP contribution is 2.43. The minimum absolute atomic E-state index is 0.169. The lowest BCUT2D eigenvalue weighted by Crippen LogP contribution is -2.21. The zero-order valence-electron chi connectivity index (χ0n) is 15.5. The molecule has 26 heavy (non-hydrogen) atoms. The van der Waals surface area contributed by atoms with Crippen molar-refractivity contribution < 1.29 is 9.90 Å². The first-order valence-electron chi connectivity index (χ1n) is 8.90. The highest BCUT2D eigenvalue weighted by atomic mass is 32.2. The number of carboxylic acids is 1. The van der Waals surface area contributed by atoms with E-state index >= 15 is 0 Å². The number of hydrogen-bond donors (Lipinski definition) is 1. The molecule has 134 valence electrons. The lowest BCUT2D eigenvalue weighted by molar-refractivity contribution is 0.0697. The predicted molar refractivity (Wildman–Crippen MR) is 113 cm³/mol. The number of hydrogen-bond acceptors (Lipinski definition) is 2. The number of carboxylic acid groups (broad SMARTS) is 1. The van der Waals surface area contributed by atoms with Crippen LogP contribution in [0.25, 0.3) is 17.1 Å². The maximum Gasteiger partial charge on any atom is 0.335 e. The fourth-order valence-electron chi connectivity index (χ4n) is 3.25. The normalized spacial score (nSPS) is 15.6. The molecule has 1 N–H and O–H groups in total. The summed E-state index contributed by atoms with van der Waals surface area (Å²) in [7, 11) is 0. The summed E-state index contributed by atoms with van der Waals surface area (Å²) in [6.07, 6.45) is 7.56. The van der Waals surface area contributed by atoms with Gasteiger partial charge in [0.05, 0.1) is 5.56 Å². The Morgan fingerprint density at radius 3 is 2.42 bits per heavy atom. The number of allylic oxidation sites excluding steroid dienone is 1. The minimum Gasteiger partial charge on any atom is -0.478 e. The van der Waals surface area contributed by atoms with Gasteiger partial charge in [-0.25, -0.2) is 4.79 Å². The first kappa shape index (κ1) is 18.5. The Morgan fingerprint density at radius 1 is 1.12 bits per heavy atom. The predicted octanol–water partition coefficient (Wildman–Crippen LogP) is 6.33. The van der Waals surface area contributed by atoms with E-state index in [1.807, 2.05) is 30.0 Å². The minimum atomic E-state index is -0.898. The van der Waals surface area contributed by atoms with Gasteiger partial charge in [0.1, 0.15) is 0 Å². The van der Waals surface area contributed by atoms with Gasteiger partial charge in [0, 0.05) is 4.91 Å². The molecule has 0 unspecified atom stereocenters. The largest absolute Gasteiger partial charge is 0.478 e. The summed E-state index contributed by atoms with van der Waals surface area (Å²) in [5, 5.41) is 8.98. The van der Waals surface area contributed by atoms with Crippen LogP contribution in [-0.2, 0) is 5.41 Å². The second-order valence-corrected chi connectivity index (χ2v) is 8.46. The van der Waals surface area contributed by atoms with Crippen LogP contribution in [0, 0.1) is 0 Å². The van der Waals surface area contributed by atoms with Crippen molar-refractivity contribution in [2.45, 2.75) is 32.6 Å². The monoisotopic (exact) mass is 364 g/mol. The molecule has 0 fully saturated rings. The fraction of sp³-hybridized carbons (Fsp3) is 0.261. The molecule has 0 saturated carbocycles. The van der Waals surface area contributed by atoms with Crippen molar-refractivity contribution in [2.24, 2.45) is 0 Å². The van der Waals surface area contributed by atoms with Crippen molar-refractivity contribution in [3.63, 3.8) is 0 Å². The Bertz CT molecular complexity index is 874. The molecule has 3 rings (SSSR count). The molecule has 2 aromatic rings. The Kier molecular flexibility index (Phi) is 5.38. The summed E-state index contributed by atoms with van der Waals surface area (Å²) in [6.45, 7) is 6.79. The van der Waals surface area contributed by atoms with Crippen molar-refractivity contribution in [3.8, 4) is 0 Å². The standard InChI is InChI=1S/C23H24O2S/c1-4-26-21-13-14-23(2,3)20-12-9-17(15-19(20)21)6-5-16-7-10-18(11-8-16)22(24)25/h5-13,15H,4,14H2,1-3H3,(H,24,25)/b6-5+. The van der Waals surface area contributed by atoms with Crippen LogP contribution in [0.3, 0.4) is 0 Å². The van der Waals surface area contributed by atoms with Crippen LogP contribution in [-0.4, -0.2) is 16.8 Å². The topological polar surface area (TPSA) is 37.3 Å². The van der Waals surface area contributed by atoms with Crippen LogP contribution < -0.4 is 0 Å². The Hall–Kier alpha value is -2.26. The summed E-state index contributed by atoms with van der Waals surface area (Å²) >= 11 is 1.90. The summed E-state index contributed by atoms with van der Waals surface area (Å²) in [5.41, 5.74) is 5.39. The highest BCUT2D eigenvalue weighted by molar-refractivity contribution is 8.08. The molecular weight excluding hydrogens is 340 g/mol. The van der Waals surface area contributed by atoms with Gasteiger partial charge in [-0.15, -0.1) is 11.8 Å². The van der Waals surface area contributed by atoms with Gasteiger partial charge in [-0.2, -0.15) is 0 Å². The molecule has 0 aliphatic heterocycles. The van der Waals surface area contributed by atoms with Gasteiger partial charge in [0.15, 0.2) is 0 Å².